The number of aromatic nitrogens is 3. The Kier molecular flexibility index (Phi) is 11.5. The standard InChI is InChI=1S/C41H37F5N4O2S/c1-27(2)49-23-33(47-26-49)8-6-20-48(22-28-12-14-29(15-13-28)30-16-18-32(19-17-30)41(44,45)46)38(52)24-50-36-11-4-3-9-34(36)37(51)21-39(50)53-25-31-7-5-10-35(42)40(31)43/h3-5,7,9-19,21,23,26-27H,6,8,20,22,24-25H2,1-2H3. The lowest BCUT2D eigenvalue weighted by atomic mass is 10.0. The van der Waals surface area contributed by atoms with Crippen LogP contribution in [0.4, 0.5) is 22.0 Å². The Morgan fingerprint density at radius 2 is 1.60 bits per heavy atom. The summed E-state index contributed by atoms with van der Waals surface area (Å²) < 4.78 is 71.6. The van der Waals surface area contributed by atoms with Gasteiger partial charge >= 0.3 is 6.18 Å². The Morgan fingerprint density at radius 3 is 2.28 bits per heavy atom. The molecule has 2 heterocycles. The molecule has 53 heavy (non-hydrogen) atoms. The van der Waals surface area contributed by atoms with E-state index in [1.807, 2.05) is 35.0 Å². The van der Waals surface area contributed by atoms with Gasteiger partial charge in [0.05, 0.1) is 28.1 Å². The van der Waals surface area contributed by atoms with E-state index in [0.717, 1.165) is 46.8 Å². The first-order chi connectivity index (χ1) is 25.4. The molecule has 6 nitrogen and oxygen atoms in total. The minimum absolute atomic E-state index is 0.0353. The van der Waals surface area contributed by atoms with Gasteiger partial charge in [-0.1, -0.05) is 60.7 Å². The van der Waals surface area contributed by atoms with Crippen molar-refractivity contribution in [2.45, 2.75) is 62.8 Å². The Labute approximate surface area is 307 Å². The van der Waals surface area contributed by atoms with Crippen LogP contribution in [0.15, 0.2) is 119 Å². The maximum Gasteiger partial charge on any atom is 0.416 e. The highest BCUT2D eigenvalue weighted by Crippen LogP contribution is 2.31. The quantitative estimate of drug-likeness (QED) is 0.0873. The van der Waals surface area contributed by atoms with Crippen molar-refractivity contribution >= 4 is 28.6 Å². The molecule has 0 radical (unpaired) electrons. The van der Waals surface area contributed by atoms with Gasteiger partial charge in [-0.3, -0.25) is 9.59 Å². The lowest BCUT2D eigenvalue weighted by molar-refractivity contribution is -0.137. The fourth-order valence-electron chi connectivity index (χ4n) is 6.04. The summed E-state index contributed by atoms with van der Waals surface area (Å²) in [6.45, 7) is 4.65. The van der Waals surface area contributed by atoms with Crippen molar-refractivity contribution in [2.24, 2.45) is 0 Å². The van der Waals surface area contributed by atoms with Gasteiger partial charge in [-0.25, -0.2) is 13.8 Å². The number of alkyl halides is 3. The van der Waals surface area contributed by atoms with Gasteiger partial charge in [0, 0.05) is 48.1 Å². The van der Waals surface area contributed by atoms with E-state index >= 15 is 0 Å². The summed E-state index contributed by atoms with van der Waals surface area (Å²) in [4.78, 5) is 33.7. The molecule has 0 fully saturated rings. The van der Waals surface area contributed by atoms with Crippen LogP contribution in [0.1, 0.15) is 48.7 Å². The first-order valence-electron chi connectivity index (χ1n) is 17.1. The molecule has 0 saturated carbocycles. The zero-order chi connectivity index (χ0) is 37.7. The number of hydrogen-bond donors (Lipinski definition) is 0. The van der Waals surface area contributed by atoms with Gasteiger partial charge in [0.25, 0.3) is 0 Å². The van der Waals surface area contributed by atoms with Gasteiger partial charge in [0.2, 0.25) is 5.91 Å². The molecule has 0 atom stereocenters. The Hall–Kier alpha value is -5.23. The predicted molar refractivity (Wildman–Crippen MR) is 197 cm³/mol. The number of thioether (sulfide) groups is 1. The average Bonchev–Trinajstić information content (AvgIpc) is 3.63. The van der Waals surface area contributed by atoms with Crippen molar-refractivity contribution in [3.05, 3.63) is 154 Å². The molecule has 0 unspecified atom stereocenters. The Bertz CT molecular complexity index is 2260. The van der Waals surface area contributed by atoms with Gasteiger partial charge < -0.3 is 14.0 Å². The highest BCUT2D eigenvalue weighted by molar-refractivity contribution is 7.98. The van der Waals surface area contributed by atoms with Crippen LogP contribution in [0.5, 0.6) is 0 Å². The van der Waals surface area contributed by atoms with Gasteiger partial charge in [-0.05, 0) is 73.7 Å². The molecule has 0 bridgehead atoms. The first kappa shape index (κ1) is 37.5. The Morgan fingerprint density at radius 1 is 0.906 bits per heavy atom. The molecule has 12 heteroatoms. The molecule has 2 aromatic heterocycles. The second-order valence-corrected chi connectivity index (χ2v) is 14.0. The smallest absolute Gasteiger partial charge is 0.337 e. The number of aryl methyl sites for hydroxylation is 1. The molecule has 0 aliphatic carbocycles. The monoisotopic (exact) mass is 744 g/mol. The number of nitrogens with zero attached hydrogens (tertiary/aromatic N) is 4. The number of benzene rings is 4. The maximum absolute atomic E-state index is 14.6. The van der Waals surface area contributed by atoms with E-state index in [2.05, 4.69) is 18.8 Å². The summed E-state index contributed by atoms with van der Waals surface area (Å²) in [5.74, 6) is -2.11. The molecule has 6 rings (SSSR count). The summed E-state index contributed by atoms with van der Waals surface area (Å²) in [5, 5.41) is 0.860. The predicted octanol–water partition coefficient (Wildman–Crippen LogP) is 9.70. The van der Waals surface area contributed by atoms with Crippen molar-refractivity contribution in [3.63, 3.8) is 0 Å². The number of fused-ring (bicyclic) bond motifs is 1. The molecule has 6 aromatic rings. The van der Waals surface area contributed by atoms with Crippen molar-refractivity contribution in [1.82, 2.24) is 19.0 Å². The third kappa shape index (κ3) is 9.05. The van der Waals surface area contributed by atoms with E-state index in [4.69, 9.17) is 0 Å². The van der Waals surface area contributed by atoms with Crippen LogP contribution in [-0.4, -0.2) is 31.5 Å². The Balaban J connectivity index is 1.27. The van der Waals surface area contributed by atoms with Crippen LogP contribution >= 0.6 is 11.8 Å². The zero-order valence-electron chi connectivity index (χ0n) is 29.1. The van der Waals surface area contributed by atoms with E-state index in [9.17, 15) is 31.5 Å². The minimum Gasteiger partial charge on any atom is -0.337 e. The molecule has 0 spiro atoms. The van der Waals surface area contributed by atoms with E-state index in [-0.39, 0.29) is 41.8 Å². The maximum atomic E-state index is 14.6. The molecule has 0 N–H and O–H groups in total. The van der Waals surface area contributed by atoms with E-state index < -0.39 is 23.4 Å². The minimum atomic E-state index is -4.42. The summed E-state index contributed by atoms with van der Waals surface area (Å²) in [5.41, 5.74) is 2.79. The summed E-state index contributed by atoms with van der Waals surface area (Å²) in [6, 6.07) is 24.9. The van der Waals surface area contributed by atoms with Crippen LogP contribution in [0.25, 0.3) is 22.0 Å². The van der Waals surface area contributed by atoms with Crippen molar-refractivity contribution in [3.8, 4) is 11.1 Å². The highest BCUT2D eigenvalue weighted by Gasteiger charge is 2.30. The van der Waals surface area contributed by atoms with Crippen LogP contribution in [0.2, 0.25) is 0 Å². The van der Waals surface area contributed by atoms with Crippen molar-refractivity contribution in [1.29, 1.82) is 0 Å². The SMILES string of the molecule is CC(C)n1cnc(CCCN(Cc2ccc(-c3ccc(C(F)(F)F)cc3)cc2)C(=O)Cn2c(SCc3cccc(F)c3F)cc(=O)c3ccccc32)c1. The third-order valence-electron chi connectivity index (χ3n) is 9.02. The number of amides is 1. The zero-order valence-corrected chi connectivity index (χ0v) is 29.9. The molecule has 1 amide bonds. The summed E-state index contributed by atoms with van der Waals surface area (Å²) in [6.07, 6.45) is 0.617. The number of carbonyl (C=O) groups is 1. The average molecular weight is 745 g/mol. The van der Waals surface area contributed by atoms with Crippen LogP contribution in [0, 0.1) is 11.6 Å². The lowest BCUT2D eigenvalue weighted by Gasteiger charge is -2.25. The van der Waals surface area contributed by atoms with Crippen molar-refractivity contribution in [2.75, 3.05) is 6.54 Å². The highest BCUT2D eigenvalue weighted by atomic mass is 32.2. The fourth-order valence-corrected chi connectivity index (χ4v) is 7.08. The number of para-hydroxylation sites is 1. The molecular weight excluding hydrogens is 708 g/mol. The second-order valence-electron chi connectivity index (χ2n) is 13.0. The molecule has 0 aliphatic heterocycles. The van der Waals surface area contributed by atoms with E-state index in [1.165, 1.54) is 30.3 Å². The topological polar surface area (TPSA) is 60.1 Å². The van der Waals surface area contributed by atoms with Crippen LogP contribution in [0.3, 0.4) is 0 Å². The van der Waals surface area contributed by atoms with Gasteiger partial charge in [0.15, 0.2) is 17.1 Å². The number of halogens is 5. The van der Waals surface area contributed by atoms with Crippen LogP contribution < -0.4 is 5.43 Å². The van der Waals surface area contributed by atoms with E-state index in [0.29, 0.717) is 40.9 Å². The summed E-state index contributed by atoms with van der Waals surface area (Å²) >= 11 is 1.14. The molecular formula is C41H37F5N4O2S. The van der Waals surface area contributed by atoms with Gasteiger partial charge in [-0.2, -0.15) is 13.2 Å². The summed E-state index contributed by atoms with van der Waals surface area (Å²) in [7, 11) is 0. The largest absolute Gasteiger partial charge is 0.416 e. The second kappa shape index (κ2) is 16.2. The number of hydrogen-bond acceptors (Lipinski definition) is 4. The molecule has 4 aromatic carbocycles. The first-order valence-corrected chi connectivity index (χ1v) is 18.1. The van der Waals surface area contributed by atoms with E-state index in [1.54, 1.807) is 40.1 Å². The molecule has 0 saturated heterocycles. The normalized spacial score (nSPS) is 11.8. The number of pyridine rings is 1. The number of rotatable bonds is 13. The molecule has 0 aliphatic rings. The van der Waals surface area contributed by atoms with Gasteiger partial charge in [0.1, 0.15) is 6.54 Å². The van der Waals surface area contributed by atoms with Gasteiger partial charge in [-0.15, -0.1) is 11.8 Å². The third-order valence-corrected chi connectivity index (χ3v) is 10.1. The fraction of sp³-hybridized carbons (Fsp3) is 0.244. The number of imidazole rings is 1. The number of carbonyl (C=O) groups excluding carboxylic acids is 1. The lowest BCUT2D eigenvalue weighted by Crippen LogP contribution is -2.35. The van der Waals surface area contributed by atoms with Crippen molar-refractivity contribution < 1.29 is 26.7 Å². The molecule has 274 valence electrons. The van der Waals surface area contributed by atoms with Crippen LogP contribution in [-0.2, 0) is 36.2 Å².